The summed E-state index contributed by atoms with van der Waals surface area (Å²) >= 11 is 28.8. The predicted molar refractivity (Wildman–Crippen MR) is 78.9 cm³/mol. The average molecular weight is 441 g/mol. The van der Waals surface area contributed by atoms with Crippen LogP contribution < -0.4 is 0 Å². The van der Waals surface area contributed by atoms with Gasteiger partial charge < -0.3 is 14.2 Å². The number of alkyl halides is 3. The Bertz CT molecular complexity index is 626. The van der Waals surface area contributed by atoms with Crippen LogP contribution in [0.15, 0.2) is 10.1 Å². The van der Waals surface area contributed by atoms with Crippen molar-refractivity contribution in [2.24, 2.45) is 5.92 Å². The van der Waals surface area contributed by atoms with Crippen molar-refractivity contribution in [2.75, 3.05) is 14.2 Å². The van der Waals surface area contributed by atoms with E-state index in [2.05, 4.69) is 15.9 Å². The Kier molecular flexibility index (Phi) is 3.24. The third kappa shape index (κ3) is 1.20. The quantitative estimate of drug-likeness (QED) is 0.487. The van der Waals surface area contributed by atoms with Crippen molar-refractivity contribution in [1.82, 2.24) is 0 Å². The van der Waals surface area contributed by atoms with E-state index in [0.717, 1.165) is 7.11 Å². The number of carbonyl (C=O) groups is 2. The van der Waals surface area contributed by atoms with Crippen LogP contribution in [0, 0.1) is 5.92 Å². The Morgan fingerprint density at radius 1 is 1.29 bits per heavy atom. The molecule has 4 bridgehead atoms. The summed E-state index contributed by atoms with van der Waals surface area (Å²) in [6.07, 6.45) is 0. The molecule has 0 radical (unpaired) electrons. The Balaban J connectivity index is 2.42. The Morgan fingerprint density at radius 2 is 1.86 bits per heavy atom. The van der Waals surface area contributed by atoms with Gasteiger partial charge in [-0.05, 0) is 0 Å². The van der Waals surface area contributed by atoms with Crippen LogP contribution >= 0.6 is 62.3 Å². The molecule has 1 aliphatic heterocycles. The van der Waals surface area contributed by atoms with Crippen molar-refractivity contribution in [3.63, 3.8) is 0 Å². The maximum Gasteiger partial charge on any atom is 0.329 e. The van der Waals surface area contributed by atoms with Gasteiger partial charge in [0.1, 0.15) is 5.92 Å². The molecule has 5 atom stereocenters. The highest BCUT2D eigenvalue weighted by atomic mass is 79.9. The summed E-state index contributed by atoms with van der Waals surface area (Å²) in [5.74, 6) is -4.81. The molecular formula is C11H7BrCl4O5. The molecule has 0 spiro atoms. The second-order valence-corrected chi connectivity index (χ2v) is 8.05. The molecule has 0 aromatic heterocycles. The lowest BCUT2D eigenvalue weighted by Crippen LogP contribution is -2.60. The van der Waals surface area contributed by atoms with Gasteiger partial charge in [0, 0.05) is 7.11 Å². The van der Waals surface area contributed by atoms with Gasteiger partial charge in [0.15, 0.2) is 14.1 Å². The zero-order valence-corrected chi connectivity index (χ0v) is 15.1. The SMILES string of the molecule is COC(=O)[C@H]1[C@]2(Cl)C(Cl)=C(Cl)[C@@]3(Cl)[C@@]2(OC)OC(=O)[C@]13Br. The van der Waals surface area contributed by atoms with Crippen LogP contribution in [0.25, 0.3) is 0 Å². The van der Waals surface area contributed by atoms with E-state index in [1.165, 1.54) is 7.11 Å². The van der Waals surface area contributed by atoms with Crippen molar-refractivity contribution in [3.05, 3.63) is 10.1 Å². The highest BCUT2D eigenvalue weighted by Crippen LogP contribution is 2.80. The molecule has 0 unspecified atom stereocenters. The minimum Gasteiger partial charge on any atom is -0.469 e. The number of ether oxygens (including phenoxy) is 3. The Hall–Kier alpha value is 0.280. The van der Waals surface area contributed by atoms with Crippen LogP contribution in [-0.4, -0.2) is 46.0 Å². The van der Waals surface area contributed by atoms with Gasteiger partial charge in [0.05, 0.1) is 17.2 Å². The van der Waals surface area contributed by atoms with Gasteiger partial charge in [-0.1, -0.05) is 39.1 Å². The number of methoxy groups -OCH3 is 2. The van der Waals surface area contributed by atoms with Gasteiger partial charge in [-0.15, -0.1) is 23.2 Å². The van der Waals surface area contributed by atoms with Crippen LogP contribution in [0.3, 0.4) is 0 Å². The minimum atomic E-state index is -1.92. The fraction of sp³-hybridized carbons (Fsp3) is 0.636. The van der Waals surface area contributed by atoms with Crippen LogP contribution in [0.4, 0.5) is 0 Å². The van der Waals surface area contributed by atoms with Gasteiger partial charge >= 0.3 is 11.9 Å². The average Bonchev–Trinajstić information content (AvgIpc) is 2.77. The van der Waals surface area contributed by atoms with E-state index in [1.807, 2.05) is 0 Å². The molecule has 3 aliphatic rings. The van der Waals surface area contributed by atoms with Gasteiger partial charge in [0.25, 0.3) is 5.79 Å². The maximum absolute atomic E-state index is 12.3. The third-order valence-electron chi connectivity index (χ3n) is 4.30. The normalized spacial score (nSPS) is 50.6. The smallest absolute Gasteiger partial charge is 0.329 e. The topological polar surface area (TPSA) is 61.8 Å². The molecular weight excluding hydrogens is 434 g/mol. The second-order valence-electron chi connectivity index (χ2n) is 4.88. The first-order valence-electron chi connectivity index (χ1n) is 5.60. The monoisotopic (exact) mass is 438 g/mol. The molecule has 0 aromatic carbocycles. The Labute approximate surface area is 147 Å². The third-order valence-corrected chi connectivity index (χ3v) is 8.55. The molecule has 21 heavy (non-hydrogen) atoms. The summed E-state index contributed by atoms with van der Waals surface area (Å²) in [5, 5.41) is -0.216. The summed E-state index contributed by atoms with van der Waals surface area (Å²) in [5.41, 5.74) is 0. The molecule has 10 heteroatoms. The van der Waals surface area contributed by atoms with Gasteiger partial charge in [-0.25, -0.2) is 0 Å². The second kappa shape index (κ2) is 4.22. The molecule has 1 heterocycles. The fourth-order valence-corrected chi connectivity index (χ4v) is 6.83. The molecule has 2 aliphatic carbocycles. The van der Waals surface area contributed by atoms with Crippen molar-refractivity contribution in [1.29, 1.82) is 0 Å². The zero-order valence-electron chi connectivity index (χ0n) is 10.5. The lowest BCUT2D eigenvalue weighted by Gasteiger charge is -2.42. The first-order chi connectivity index (χ1) is 9.61. The highest BCUT2D eigenvalue weighted by molar-refractivity contribution is 9.10. The lowest BCUT2D eigenvalue weighted by atomic mass is 9.81. The maximum atomic E-state index is 12.3. The number of hydrogen-bond acceptors (Lipinski definition) is 5. The first kappa shape index (κ1) is 16.1. The standard InChI is InChI=1S/C11H7BrCl4O5/c1-19-6(17)3-8(12)7(18)21-11(20-2)9(3,15)4(13)5(14)10(8,11)16/h3H,1-2H3/t3-,8-,9+,10+,11+/m1/s1. The number of halogens is 5. The molecule has 0 N–H and O–H groups in total. The van der Waals surface area contributed by atoms with E-state index >= 15 is 0 Å². The largest absolute Gasteiger partial charge is 0.469 e. The summed E-state index contributed by atoms with van der Waals surface area (Å²) in [6.45, 7) is 0. The molecule has 1 saturated heterocycles. The van der Waals surface area contributed by atoms with E-state index in [1.54, 1.807) is 0 Å². The van der Waals surface area contributed by atoms with Crippen molar-refractivity contribution in [2.45, 2.75) is 19.9 Å². The van der Waals surface area contributed by atoms with Crippen molar-refractivity contribution in [3.8, 4) is 0 Å². The number of esters is 2. The summed E-state index contributed by atoms with van der Waals surface area (Å²) < 4.78 is 13.6. The molecule has 0 aromatic rings. The van der Waals surface area contributed by atoms with Gasteiger partial charge in [-0.2, -0.15) is 0 Å². The summed E-state index contributed by atoms with van der Waals surface area (Å²) in [6, 6.07) is 0. The van der Waals surface area contributed by atoms with Crippen LogP contribution in [0.1, 0.15) is 0 Å². The Morgan fingerprint density at radius 3 is 2.29 bits per heavy atom. The molecule has 0 amide bonds. The molecule has 1 saturated carbocycles. The van der Waals surface area contributed by atoms with Crippen LogP contribution in [0.5, 0.6) is 0 Å². The van der Waals surface area contributed by atoms with Gasteiger partial charge in [0.2, 0.25) is 0 Å². The van der Waals surface area contributed by atoms with E-state index in [0.29, 0.717) is 0 Å². The molecule has 2 fully saturated rings. The number of hydrogen-bond donors (Lipinski definition) is 0. The van der Waals surface area contributed by atoms with E-state index < -0.39 is 37.7 Å². The van der Waals surface area contributed by atoms with Crippen molar-refractivity contribution < 1.29 is 23.8 Å². The van der Waals surface area contributed by atoms with Gasteiger partial charge in [-0.3, -0.25) is 9.59 Å². The molecule has 3 rings (SSSR count). The molecule has 116 valence electrons. The number of rotatable bonds is 2. The predicted octanol–water partition coefficient (Wildman–Crippen LogP) is 2.48. The number of carbonyl (C=O) groups excluding carboxylic acids is 2. The van der Waals surface area contributed by atoms with Crippen LogP contribution in [0.2, 0.25) is 0 Å². The molecule has 5 nitrogen and oxygen atoms in total. The minimum absolute atomic E-state index is 0.106. The van der Waals surface area contributed by atoms with E-state index in [-0.39, 0.29) is 10.1 Å². The summed E-state index contributed by atoms with van der Waals surface area (Å²) in [4.78, 5) is 21.0. The van der Waals surface area contributed by atoms with E-state index in [4.69, 9.17) is 60.6 Å². The first-order valence-corrected chi connectivity index (χ1v) is 7.91. The van der Waals surface area contributed by atoms with Crippen LogP contribution in [-0.2, 0) is 23.8 Å². The highest BCUT2D eigenvalue weighted by Gasteiger charge is 2.98. The summed E-state index contributed by atoms with van der Waals surface area (Å²) in [7, 11) is 2.39. The van der Waals surface area contributed by atoms with E-state index in [9.17, 15) is 9.59 Å². The zero-order chi connectivity index (χ0) is 16.0. The fourth-order valence-electron chi connectivity index (χ4n) is 3.42. The van der Waals surface area contributed by atoms with Crippen molar-refractivity contribution >= 4 is 74.3 Å². The lowest BCUT2D eigenvalue weighted by molar-refractivity contribution is -0.221.